The van der Waals surface area contributed by atoms with Crippen LogP contribution in [0.3, 0.4) is 0 Å². The number of anilines is 1. The van der Waals surface area contributed by atoms with Crippen molar-refractivity contribution in [3.8, 4) is 0 Å². The van der Waals surface area contributed by atoms with E-state index in [0.29, 0.717) is 31.3 Å². The van der Waals surface area contributed by atoms with Crippen LogP contribution in [0.2, 0.25) is 0 Å². The van der Waals surface area contributed by atoms with Crippen molar-refractivity contribution in [1.82, 2.24) is 10.6 Å². The summed E-state index contributed by atoms with van der Waals surface area (Å²) in [7, 11) is 0. The lowest BCUT2D eigenvalue weighted by Gasteiger charge is -2.22. The summed E-state index contributed by atoms with van der Waals surface area (Å²) in [6.07, 6.45) is 0.792. The van der Waals surface area contributed by atoms with Gasteiger partial charge in [0.1, 0.15) is 11.6 Å². The maximum Gasteiger partial charge on any atom is 0.224 e. The van der Waals surface area contributed by atoms with Crippen LogP contribution in [0.15, 0.2) is 23.2 Å². The van der Waals surface area contributed by atoms with Gasteiger partial charge in [-0.3, -0.25) is 9.79 Å². The first-order valence-electron chi connectivity index (χ1n) is 8.77. The molecular weight excluding hydrogens is 467 g/mol. The van der Waals surface area contributed by atoms with Crippen molar-refractivity contribution in [1.29, 1.82) is 0 Å². The minimum absolute atomic E-state index is 0. The molecule has 0 aromatic heterocycles. The molecule has 1 aliphatic heterocycles. The Labute approximate surface area is 176 Å². The van der Waals surface area contributed by atoms with E-state index >= 15 is 0 Å². The molecular formula is C18H28F2IN5O. The fourth-order valence-electron chi connectivity index (χ4n) is 2.70. The number of nitrogens with zero attached hydrogens (tertiary/aromatic N) is 2. The van der Waals surface area contributed by atoms with Gasteiger partial charge in [-0.05, 0) is 39.3 Å². The highest BCUT2D eigenvalue weighted by Crippen LogP contribution is 2.24. The van der Waals surface area contributed by atoms with Crippen molar-refractivity contribution in [2.75, 3.05) is 31.1 Å². The van der Waals surface area contributed by atoms with Crippen LogP contribution in [0.5, 0.6) is 0 Å². The number of carbonyl (C=O) groups is 1. The summed E-state index contributed by atoms with van der Waals surface area (Å²) in [5.74, 6) is -0.961. The molecule has 9 heteroatoms. The first kappa shape index (κ1) is 23.4. The van der Waals surface area contributed by atoms with Crippen molar-refractivity contribution in [2.45, 2.75) is 33.2 Å². The third-order valence-corrected chi connectivity index (χ3v) is 4.42. The number of aliphatic imine (C=N–C) groups is 1. The highest BCUT2D eigenvalue weighted by Gasteiger charge is 2.27. The van der Waals surface area contributed by atoms with Crippen LogP contribution in [-0.2, 0) is 4.79 Å². The van der Waals surface area contributed by atoms with E-state index in [4.69, 9.17) is 5.73 Å². The van der Waals surface area contributed by atoms with Gasteiger partial charge in [0.05, 0.1) is 17.6 Å². The second-order valence-corrected chi connectivity index (χ2v) is 7.11. The molecule has 1 aromatic rings. The molecule has 152 valence electrons. The topological polar surface area (TPSA) is 82.7 Å². The number of nitrogens with two attached hydrogens (primary N) is 1. The number of nitrogens with one attached hydrogen (secondary N) is 2. The molecule has 0 saturated carbocycles. The first-order chi connectivity index (χ1) is 12.2. The monoisotopic (exact) mass is 495 g/mol. The second kappa shape index (κ2) is 10.0. The number of hydrogen-bond donors (Lipinski definition) is 3. The van der Waals surface area contributed by atoms with Gasteiger partial charge in [-0.15, -0.1) is 24.0 Å². The Morgan fingerprint density at radius 2 is 2.11 bits per heavy atom. The number of rotatable bonds is 6. The predicted molar refractivity (Wildman–Crippen MR) is 114 cm³/mol. The van der Waals surface area contributed by atoms with E-state index in [1.165, 1.54) is 12.1 Å². The minimum atomic E-state index is -0.735. The van der Waals surface area contributed by atoms with Crippen LogP contribution in [0.25, 0.3) is 0 Å². The zero-order chi connectivity index (χ0) is 19.3. The zero-order valence-corrected chi connectivity index (χ0v) is 18.2. The van der Waals surface area contributed by atoms with E-state index in [-0.39, 0.29) is 36.6 Å². The van der Waals surface area contributed by atoms with Gasteiger partial charge in [0.15, 0.2) is 5.96 Å². The first-order valence-corrected chi connectivity index (χ1v) is 8.77. The molecule has 1 aliphatic rings. The minimum Gasteiger partial charge on any atom is -0.369 e. The summed E-state index contributed by atoms with van der Waals surface area (Å²) >= 11 is 0. The van der Waals surface area contributed by atoms with E-state index in [9.17, 15) is 13.6 Å². The molecule has 1 amide bonds. The number of halogens is 3. The molecule has 6 nitrogen and oxygen atoms in total. The van der Waals surface area contributed by atoms with Gasteiger partial charge in [0, 0.05) is 31.7 Å². The number of primary amides is 1. The molecule has 1 atom stereocenters. The average Bonchev–Trinajstić information content (AvgIpc) is 3.01. The van der Waals surface area contributed by atoms with Crippen molar-refractivity contribution < 1.29 is 13.6 Å². The number of guanidine groups is 1. The van der Waals surface area contributed by atoms with Gasteiger partial charge in [-0.1, -0.05) is 0 Å². The maximum absolute atomic E-state index is 14.0. The van der Waals surface area contributed by atoms with E-state index < -0.39 is 23.0 Å². The lowest BCUT2D eigenvalue weighted by molar-refractivity contribution is -0.125. The van der Waals surface area contributed by atoms with E-state index in [1.54, 1.807) is 13.8 Å². The molecule has 1 fully saturated rings. The van der Waals surface area contributed by atoms with Crippen LogP contribution >= 0.6 is 24.0 Å². The zero-order valence-electron chi connectivity index (χ0n) is 15.9. The molecule has 0 bridgehead atoms. The molecule has 0 aliphatic carbocycles. The SMILES string of the molecule is CCNC(=NCC(C)(C)C(N)=O)NC1CCN(c2ccc(F)cc2F)C1.I. The fraction of sp³-hybridized carbons (Fsp3) is 0.556. The van der Waals surface area contributed by atoms with Crippen molar-refractivity contribution in [3.05, 3.63) is 29.8 Å². The Morgan fingerprint density at radius 3 is 2.70 bits per heavy atom. The Kier molecular flexibility index (Phi) is 8.70. The summed E-state index contributed by atoms with van der Waals surface area (Å²) in [6, 6.07) is 3.68. The van der Waals surface area contributed by atoms with Crippen LogP contribution in [0.1, 0.15) is 27.2 Å². The largest absolute Gasteiger partial charge is 0.369 e. The molecule has 0 radical (unpaired) electrons. The molecule has 1 unspecified atom stereocenters. The van der Waals surface area contributed by atoms with Crippen LogP contribution < -0.4 is 21.3 Å². The van der Waals surface area contributed by atoms with E-state index in [1.807, 2.05) is 11.8 Å². The van der Waals surface area contributed by atoms with Crippen LogP contribution in [0, 0.1) is 17.0 Å². The molecule has 1 heterocycles. The van der Waals surface area contributed by atoms with Crippen molar-refractivity contribution in [2.24, 2.45) is 16.1 Å². The van der Waals surface area contributed by atoms with Gasteiger partial charge in [-0.2, -0.15) is 0 Å². The van der Waals surface area contributed by atoms with Gasteiger partial charge in [0.2, 0.25) is 5.91 Å². The average molecular weight is 495 g/mol. The summed E-state index contributed by atoms with van der Waals surface area (Å²) in [6.45, 7) is 7.62. The summed E-state index contributed by atoms with van der Waals surface area (Å²) in [5, 5.41) is 6.45. The fourth-order valence-corrected chi connectivity index (χ4v) is 2.70. The van der Waals surface area contributed by atoms with Gasteiger partial charge in [-0.25, -0.2) is 8.78 Å². The molecule has 2 rings (SSSR count). The Hall–Kier alpha value is -1.65. The van der Waals surface area contributed by atoms with Gasteiger partial charge in [0.25, 0.3) is 0 Å². The summed E-state index contributed by atoms with van der Waals surface area (Å²) in [5.41, 5.74) is 5.04. The molecule has 1 saturated heterocycles. The standard InChI is InChI=1S/C18H27F2N5O.HI/c1-4-22-17(23-11-18(2,3)16(21)26)24-13-7-8-25(10-13)15-6-5-12(19)9-14(15)20;/h5-6,9,13H,4,7-8,10-11H2,1-3H3,(H2,21,26)(H2,22,23,24);1H. The van der Waals surface area contributed by atoms with Crippen molar-refractivity contribution >= 4 is 41.5 Å². The molecule has 4 N–H and O–H groups in total. The number of benzene rings is 1. The Bertz CT molecular complexity index is 684. The van der Waals surface area contributed by atoms with E-state index in [0.717, 1.165) is 12.5 Å². The summed E-state index contributed by atoms with van der Waals surface area (Å²) in [4.78, 5) is 17.8. The highest BCUT2D eigenvalue weighted by molar-refractivity contribution is 14.0. The second-order valence-electron chi connectivity index (χ2n) is 7.11. The normalized spacial score (nSPS) is 17.4. The third-order valence-electron chi connectivity index (χ3n) is 4.42. The Morgan fingerprint density at radius 1 is 1.41 bits per heavy atom. The van der Waals surface area contributed by atoms with Crippen LogP contribution in [0.4, 0.5) is 14.5 Å². The lowest BCUT2D eigenvalue weighted by Crippen LogP contribution is -2.45. The maximum atomic E-state index is 14.0. The molecule has 27 heavy (non-hydrogen) atoms. The summed E-state index contributed by atoms with van der Waals surface area (Å²) < 4.78 is 27.0. The molecule has 0 spiro atoms. The number of carbonyl (C=O) groups excluding carboxylic acids is 1. The molecule has 1 aromatic carbocycles. The quantitative estimate of drug-likeness (QED) is 0.321. The number of hydrogen-bond acceptors (Lipinski definition) is 3. The third kappa shape index (κ3) is 6.47. The van der Waals surface area contributed by atoms with E-state index in [2.05, 4.69) is 15.6 Å². The van der Waals surface area contributed by atoms with Gasteiger partial charge >= 0.3 is 0 Å². The van der Waals surface area contributed by atoms with Gasteiger partial charge < -0.3 is 21.3 Å². The Balaban J connectivity index is 0.00000364. The lowest BCUT2D eigenvalue weighted by atomic mass is 9.93. The number of amides is 1. The van der Waals surface area contributed by atoms with Crippen LogP contribution in [-0.4, -0.2) is 44.1 Å². The predicted octanol–water partition coefficient (Wildman–Crippen LogP) is 2.23. The highest BCUT2D eigenvalue weighted by atomic mass is 127. The smallest absolute Gasteiger partial charge is 0.224 e. The van der Waals surface area contributed by atoms with Crippen molar-refractivity contribution in [3.63, 3.8) is 0 Å².